The van der Waals surface area contributed by atoms with Crippen LogP contribution >= 0.6 is 0 Å². The van der Waals surface area contributed by atoms with Crippen molar-refractivity contribution in [1.82, 2.24) is 0 Å². The minimum absolute atomic E-state index is 1.18. The zero-order chi connectivity index (χ0) is 9.90. The summed E-state index contributed by atoms with van der Waals surface area (Å²) in [6.45, 7) is 0. The van der Waals surface area contributed by atoms with Gasteiger partial charge in [0.1, 0.15) is 0 Å². The number of allylic oxidation sites excluding steroid dienone is 10. The van der Waals surface area contributed by atoms with Crippen molar-refractivity contribution in [3.05, 3.63) is 60.8 Å². The Balaban J connectivity index is 2.46. The molecule has 0 atom stereocenters. The van der Waals surface area contributed by atoms with Crippen LogP contribution in [0.3, 0.4) is 0 Å². The quantitative estimate of drug-likeness (QED) is 0.532. The highest BCUT2D eigenvalue weighted by Gasteiger charge is 1.82. The molecule has 0 aliphatic heterocycles. The third-order valence-electron chi connectivity index (χ3n) is 1.98. The molecule has 14 heavy (non-hydrogen) atoms. The van der Waals surface area contributed by atoms with E-state index in [4.69, 9.17) is 0 Å². The standard InChI is InChI=1S/C14H17/c1-2-4-6-8-10-12-14-13-11-9-7-5-3-1/h1-5,9,11,13-14H,6,8,10,12H2. The Morgan fingerprint density at radius 2 is 1.43 bits per heavy atom. The Hall–Kier alpha value is -1.30. The third-order valence-corrected chi connectivity index (χ3v) is 1.98. The summed E-state index contributed by atoms with van der Waals surface area (Å²) in [4.78, 5) is 0. The molecule has 0 aromatic rings. The maximum Gasteiger partial charge on any atom is -0.0184 e. The average molecular weight is 185 g/mol. The van der Waals surface area contributed by atoms with Crippen molar-refractivity contribution in [3.63, 3.8) is 0 Å². The lowest BCUT2D eigenvalue weighted by atomic mass is 10.1. The first kappa shape index (κ1) is 10.8. The van der Waals surface area contributed by atoms with E-state index in [-0.39, 0.29) is 0 Å². The summed E-state index contributed by atoms with van der Waals surface area (Å²) in [7, 11) is 0. The summed E-state index contributed by atoms with van der Waals surface area (Å²) in [5.74, 6) is 0. The van der Waals surface area contributed by atoms with Crippen molar-refractivity contribution in [2.45, 2.75) is 25.7 Å². The summed E-state index contributed by atoms with van der Waals surface area (Å²) >= 11 is 0. The van der Waals surface area contributed by atoms with Gasteiger partial charge in [0.25, 0.3) is 0 Å². The second-order valence-electron chi connectivity index (χ2n) is 3.22. The molecule has 0 fully saturated rings. The molecule has 0 aromatic heterocycles. The molecule has 0 saturated heterocycles. The molecule has 1 aliphatic carbocycles. The topological polar surface area (TPSA) is 0 Å². The molecule has 0 unspecified atom stereocenters. The molecule has 1 aliphatic rings. The van der Waals surface area contributed by atoms with Crippen LogP contribution in [-0.2, 0) is 0 Å². The fourth-order valence-electron chi connectivity index (χ4n) is 1.22. The van der Waals surface area contributed by atoms with Crippen molar-refractivity contribution in [2.75, 3.05) is 0 Å². The molecule has 0 amide bonds. The van der Waals surface area contributed by atoms with Crippen molar-refractivity contribution in [3.8, 4) is 0 Å². The maximum absolute atomic E-state index is 3.06. The van der Waals surface area contributed by atoms with Gasteiger partial charge in [0.2, 0.25) is 0 Å². The molecule has 1 rings (SSSR count). The molecule has 0 heteroatoms. The smallest absolute Gasteiger partial charge is 0.0184 e. The number of hydrogen-bond donors (Lipinski definition) is 0. The summed E-state index contributed by atoms with van der Waals surface area (Å²) in [5.41, 5.74) is 0. The largest absolute Gasteiger partial charge is 0.0845 e. The van der Waals surface area contributed by atoms with Crippen molar-refractivity contribution in [1.29, 1.82) is 0 Å². The molecule has 0 spiro atoms. The second-order valence-corrected chi connectivity index (χ2v) is 3.22. The minimum atomic E-state index is 1.18. The Labute approximate surface area is 87.0 Å². The van der Waals surface area contributed by atoms with Crippen LogP contribution in [0.4, 0.5) is 0 Å². The fraction of sp³-hybridized carbons (Fsp3) is 0.286. The molecule has 0 N–H and O–H groups in total. The molecular weight excluding hydrogens is 168 g/mol. The molecule has 73 valence electrons. The van der Waals surface area contributed by atoms with Gasteiger partial charge in [0.05, 0.1) is 0 Å². The third kappa shape index (κ3) is 6.24. The van der Waals surface area contributed by atoms with Crippen LogP contribution in [0.5, 0.6) is 0 Å². The molecule has 0 heterocycles. The maximum atomic E-state index is 3.06. The van der Waals surface area contributed by atoms with Gasteiger partial charge in [-0.3, -0.25) is 0 Å². The molecule has 0 aromatic carbocycles. The Morgan fingerprint density at radius 3 is 2.21 bits per heavy atom. The highest BCUT2D eigenvalue weighted by Crippen LogP contribution is 2.02. The van der Waals surface area contributed by atoms with Gasteiger partial charge in [-0.2, -0.15) is 0 Å². The molecule has 0 nitrogen and oxygen atoms in total. The SMILES string of the molecule is [C]1=CC=CC=CCCCCC=CC=C1. The first-order valence-corrected chi connectivity index (χ1v) is 5.23. The van der Waals surface area contributed by atoms with Gasteiger partial charge in [0, 0.05) is 0 Å². The van der Waals surface area contributed by atoms with Crippen LogP contribution < -0.4 is 0 Å². The summed E-state index contributed by atoms with van der Waals surface area (Å²) in [5, 5.41) is 0. The van der Waals surface area contributed by atoms with Gasteiger partial charge < -0.3 is 0 Å². The molecule has 1 radical (unpaired) electrons. The van der Waals surface area contributed by atoms with Crippen LogP contribution in [0.2, 0.25) is 0 Å². The van der Waals surface area contributed by atoms with E-state index in [1.54, 1.807) is 0 Å². The van der Waals surface area contributed by atoms with Crippen molar-refractivity contribution >= 4 is 0 Å². The highest BCUT2D eigenvalue weighted by molar-refractivity contribution is 5.14. The van der Waals surface area contributed by atoms with E-state index in [9.17, 15) is 0 Å². The number of hydrogen-bond acceptors (Lipinski definition) is 0. The van der Waals surface area contributed by atoms with E-state index in [0.29, 0.717) is 0 Å². The lowest BCUT2D eigenvalue weighted by Crippen LogP contribution is -1.72. The lowest BCUT2D eigenvalue weighted by molar-refractivity contribution is 0.762. The molecular formula is C14H17. The van der Waals surface area contributed by atoms with Crippen molar-refractivity contribution < 1.29 is 0 Å². The van der Waals surface area contributed by atoms with Crippen LogP contribution in [0, 0.1) is 6.08 Å². The predicted molar refractivity (Wildman–Crippen MR) is 62.8 cm³/mol. The monoisotopic (exact) mass is 185 g/mol. The normalized spacial score (nSPS) is 18.3. The van der Waals surface area contributed by atoms with E-state index in [0.717, 1.165) is 0 Å². The van der Waals surface area contributed by atoms with Crippen LogP contribution in [-0.4, -0.2) is 0 Å². The highest BCUT2D eigenvalue weighted by atomic mass is 13.9. The Kier molecular flexibility index (Phi) is 6.39. The molecule has 0 saturated carbocycles. The van der Waals surface area contributed by atoms with Gasteiger partial charge >= 0.3 is 0 Å². The van der Waals surface area contributed by atoms with E-state index in [1.807, 2.05) is 30.4 Å². The van der Waals surface area contributed by atoms with E-state index >= 15 is 0 Å². The summed E-state index contributed by atoms with van der Waals surface area (Å²) in [6, 6.07) is 0. The van der Waals surface area contributed by atoms with E-state index in [2.05, 4.69) is 30.4 Å². The lowest BCUT2D eigenvalue weighted by Gasteiger charge is -1.91. The first-order chi connectivity index (χ1) is 7.00. The predicted octanol–water partition coefficient (Wildman–Crippen LogP) is 4.14. The minimum Gasteiger partial charge on any atom is -0.0845 e. The van der Waals surface area contributed by atoms with Gasteiger partial charge in [-0.15, -0.1) is 0 Å². The van der Waals surface area contributed by atoms with E-state index in [1.165, 1.54) is 25.7 Å². The Morgan fingerprint density at radius 1 is 0.714 bits per heavy atom. The van der Waals surface area contributed by atoms with Crippen LogP contribution in [0.1, 0.15) is 25.7 Å². The number of rotatable bonds is 0. The van der Waals surface area contributed by atoms with Gasteiger partial charge in [0.15, 0.2) is 0 Å². The fourth-order valence-corrected chi connectivity index (χ4v) is 1.22. The molecule has 0 bridgehead atoms. The summed E-state index contributed by atoms with van der Waals surface area (Å²) < 4.78 is 0. The first-order valence-electron chi connectivity index (χ1n) is 5.23. The van der Waals surface area contributed by atoms with Crippen molar-refractivity contribution in [2.24, 2.45) is 0 Å². The van der Waals surface area contributed by atoms with Crippen LogP contribution in [0.25, 0.3) is 0 Å². The van der Waals surface area contributed by atoms with Gasteiger partial charge in [-0.25, -0.2) is 0 Å². The van der Waals surface area contributed by atoms with Gasteiger partial charge in [-0.1, -0.05) is 54.7 Å². The zero-order valence-electron chi connectivity index (χ0n) is 8.52. The van der Waals surface area contributed by atoms with Gasteiger partial charge in [-0.05, 0) is 31.8 Å². The van der Waals surface area contributed by atoms with Crippen LogP contribution in [0.15, 0.2) is 54.7 Å². The zero-order valence-corrected chi connectivity index (χ0v) is 8.52. The Bertz CT molecular complexity index is 234. The second kappa shape index (κ2) is 8.31. The summed E-state index contributed by atoms with van der Waals surface area (Å²) in [6.07, 6.45) is 26.5. The average Bonchev–Trinajstić information content (AvgIpc) is 2.22. The van der Waals surface area contributed by atoms with E-state index < -0.39 is 0 Å².